The van der Waals surface area contributed by atoms with E-state index >= 15 is 0 Å². The van der Waals surface area contributed by atoms with Crippen LogP contribution in [0.25, 0.3) is 0 Å². The molecular weight excluding hydrogens is 294 g/mol. The van der Waals surface area contributed by atoms with E-state index in [0.717, 1.165) is 11.7 Å². The van der Waals surface area contributed by atoms with Gasteiger partial charge in [-0.1, -0.05) is 55.3 Å². The molecule has 2 aromatic rings. The van der Waals surface area contributed by atoms with Crippen molar-refractivity contribution in [2.45, 2.75) is 50.1 Å². The summed E-state index contributed by atoms with van der Waals surface area (Å²) in [6.45, 7) is 0. The van der Waals surface area contributed by atoms with E-state index in [0.29, 0.717) is 18.0 Å². The largest absolute Gasteiger partial charge is 0.497 e. The van der Waals surface area contributed by atoms with Crippen LogP contribution in [0, 0.1) is 5.92 Å². The van der Waals surface area contributed by atoms with Crippen molar-refractivity contribution in [3.05, 3.63) is 65.7 Å². The first-order valence-electron chi connectivity index (χ1n) is 9.30. The third-order valence-electron chi connectivity index (χ3n) is 5.99. The van der Waals surface area contributed by atoms with E-state index in [1.54, 1.807) is 7.11 Å². The molecule has 0 bridgehead atoms. The standard InChI is InChI=1S/C22H27NO/c1-24-18-13-11-16(12-14-18)20-15-22(17-7-3-2-4-8-17)23-21-10-6-5-9-19(20)21/h2-4,7-8,11-14,19-23H,5-6,9-10,15H2,1H3. The van der Waals surface area contributed by atoms with E-state index in [9.17, 15) is 0 Å². The van der Waals surface area contributed by atoms with E-state index < -0.39 is 0 Å². The third-order valence-corrected chi connectivity index (χ3v) is 5.99. The van der Waals surface area contributed by atoms with Gasteiger partial charge in [-0.15, -0.1) is 0 Å². The van der Waals surface area contributed by atoms with Crippen LogP contribution in [0.2, 0.25) is 0 Å². The van der Waals surface area contributed by atoms with Crippen LogP contribution in [0.4, 0.5) is 0 Å². The summed E-state index contributed by atoms with van der Waals surface area (Å²) < 4.78 is 5.34. The molecule has 1 saturated heterocycles. The smallest absolute Gasteiger partial charge is 0.118 e. The van der Waals surface area contributed by atoms with Crippen molar-refractivity contribution in [2.24, 2.45) is 5.92 Å². The molecule has 4 unspecified atom stereocenters. The third kappa shape index (κ3) is 3.08. The number of methoxy groups -OCH3 is 1. The first kappa shape index (κ1) is 15.7. The summed E-state index contributed by atoms with van der Waals surface area (Å²) >= 11 is 0. The molecule has 4 atom stereocenters. The highest BCUT2D eigenvalue weighted by atomic mass is 16.5. The predicted octanol–water partition coefficient (Wildman–Crippen LogP) is 5.07. The molecule has 126 valence electrons. The minimum atomic E-state index is 0.470. The molecule has 2 aliphatic rings. The Bertz CT molecular complexity index is 651. The SMILES string of the molecule is COc1ccc(C2CC(c3ccccc3)NC3CCCCC32)cc1. The Labute approximate surface area is 145 Å². The molecule has 1 saturated carbocycles. The lowest BCUT2D eigenvalue weighted by molar-refractivity contribution is 0.149. The van der Waals surface area contributed by atoms with Gasteiger partial charge in [-0.25, -0.2) is 0 Å². The highest BCUT2D eigenvalue weighted by Gasteiger charge is 2.39. The van der Waals surface area contributed by atoms with Crippen LogP contribution in [-0.4, -0.2) is 13.2 Å². The van der Waals surface area contributed by atoms with Gasteiger partial charge in [0.2, 0.25) is 0 Å². The molecule has 1 N–H and O–H groups in total. The van der Waals surface area contributed by atoms with Crippen LogP contribution in [0.15, 0.2) is 54.6 Å². The van der Waals surface area contributed by atoms with Crippen LogP contribution in [0.1, 0.15) is 55.2 Å². The van der Waals surface area contributed by atoms with Gasteiger partial charge in [0.15, 0.2) is 0 Å². The Morgan fingerprint density at radius 3 is 2.38 bits per heavy atom. The fourth-order valence-electron chi connectivity index (χ4n) is 4.76. The highest BCUT2D eigenvalue weighted by Crippen LogP contribution is 2.45. The van der Waals surface area contributed by atoms with Crippen LogP contribution in [0.5, 0.6) is 5.75 Å². The minimum Gasteiger partial charge on any atom is -0.497 e. The second kappa shape index (κ2) is 6.98. The molecule has 1 heterocycles. The van der Waals surface area contributed by atoms with Crippen LogP contribution in [-0.2, 0) is 0 Å². The van der Waals surface area contributed by atoms with Crippen LogP contribution < -0.4 is 10.1 Å². The molecule has 24 heavy (non-hydrogen) atoms. The van der Waals surface area contributed by atoms with Crippen molar-refractivity contribution < 1.29 is 4.74 Å². The van der Waals surface area contributed by atoms with Gasteiger partial charge in [-0.2, -0.15) is 0 Å². The van der Waals surface area contributed by atoms with Crippen molar-refractivity contribution >= 4 is 0 Å². The molecule has 4 rings (SSSR count). The first-order chi connectivity index (χ1) is 11.8. The number of fused-ring (bicyclic) bond motifs is 1. The van der Waals surface area contributed by atoms with Gasteiger partial charge in [0.1, 0.15) is 5.75 Å². The van der Waals surface area contributed by atoms with Crippen molar-refractivity contribution in [3.8, 4) is 5.75 Å². The zero-order chi connectivity index (χ0) is 16.4. The molecule has 1 aliphatic carbocycles. The Hall–Kier alpha value is -1.80. The van der Waals surface area contributed by atoms with E-state index in [1.165, 1.54) is 43.2 Å². The lowest BCUT2D eigenvalue weighted by Crippen LogP contribution is -2.48. The first-order valence-corrected chi connectivity index (χ1v) is 9.30. The molecule has 2 heteroatoms. The molecule has 0 spiro atoms. The number of rotatable bonds is 3. The van der Waals surface area contributed by atoms with Crippen LogP contribution >= 0.6 is 0 Å². The van der Waals surface area contributed by atoms with Gasteiger partial charge in [0, 0.05) is 12.1 Å². The lowest BCUT2D eigenvalue weighted by Gasteiger charge is -2.46. The fraction of sp³-hybridized carbons (Fsp3) is 0.455. The Morgan fingerprint density at radius 2 is 1.62 bits per heavy atom. The van der Waals surface area contributed by atoms with Gasteiger partial charge < -0.3 is 10.1 Å². The molecule has 2 nitrogen and oxygen atoms in total. The maximum atomic E-state index is 5.34. The summed E-state index contributed by atoms with van der Waals surface area (Å²) in [4.78, 5) is 0. The maximum Gasteiger partial charge on any atom is 0.118 e. The Balaban J connectivity index is 1.63. The van der Waals surface area contributed by atoms with Crippen molar-refractivity contribution in [1.82, 2.24) is 5.32 Å². The normalized spacial score (nSPS) is 29.7. The fourth-order valence-corrected chi connectivity index (χ4v) is 4.76. The van der Waals surface area contributed by atoms with Gasteiger partial charge in [-0.3, -0.25) is 0 Å². The molecule has 1 aliphatic heterocycles. The number of hydrogen-bond donors (Lipinski definition) is 1. The molecular formula is C22H27NO. The lowest BCUT2D eigenvalue weighted by atomic mass is 9.68. The van der Waals surface area contributed by atoms with Gasteiger partial charge in [-0.05, 0) is 54.4 Å². The number of hydrogen-bond acceptors (Lipinski definition) is 2. The molecule has 0 amide bonds. The summed E-state index contributed by atoms with van der Waals surface area (Å²) in [5, 5.41) is 3.97. The zero-order valence-electron chi connectivity index (χ0n) is 14.4. The second-order valence-electron chi connectivity index (χ2n) is 7.30. The van der Waals surface area contributed by atoms with Gasteiger partial charge in [0.05, 0.1) is 7.11 Å². The summed E-state index contributed by atoms with van der Waals surface area (Å²) in [6.07, 6.45) is 6.62. The monoisotopic (exact) mass is 321 g/mol. The van der Waals surface area contributed by atoms with Crippen molar-refractivity contribution in [2.75, 3.05) is 7.11 Å². The topological polar surface area (TPSA) is 21.3 Å². The van der Waals surface area contributed by atoms with E-state index in [1.807, 2.05) is 0 Å². The molecule has 0 radical (unpaired) electrons. The van der Waals surface area contributed by atoms with Gasteiger partial charge in [0.25, 0.3) is 0 Å². The van der Waals surface area contributed by atoms with Crippen LogP contribution in [0.3, 0.4) is 0 Å². The van der Waals surface area contributed by atoms with Crippen molar-refractivity contribution in [1.29, 1.82) is 0 Å². The number of piperidine rings is 1. The average Bonchev–Trinajstić information content (AvgIpc) is 2.68. The number of nitrogens with one attached hydrogen (secondary N) is 1. The van der Waals surface area contributed by atoms with E-state index in [4.69, 9.17) is 4.74 Å². The summed E-state index contributed by atoms with van der Waals surface area (Å²) in [6, 6.07) is 20.9. The number of ether oxygens (including phenoxy) is 1. The summed E-state index contributed by atoms with van der Waals surface area (Å²) in [5.41, 5.74) is 2.91. The Morgan fingerprint density at radius 1 is 0.875 bits per heavy atom. The summed E-state index contributed by atoms with van der Waals surface area (Å²) in [7, 11) is 1.74. The van der Waals surface area contributed by atoms with E-state index in [-0.39, 0.29) is 0 Å². The molecule has 0 aromatic heterocycles. The summed E-state index contributed by atoms with van der Waals surface area (Å²) in [5.74, 6) is 2.37. The Kier molecular flexibility index (Phi) is 4.57. The minimum absolute atomic E-state index is 0.470. The molecule has 2 aromatic carbocycles. The maximum absolute atomic E-state index is 5.34. The molecule has 2 fully saturated rings. The van der Waals surface area contributed by atoms with Gasteiger partial charge >= 0.3 is 0 Å². The highest BCUT2D eigenvalue weighted by molar-refractivity contribution is 5.32. The van der Waals surface area contributed by atoms with Crippen molar-refractivity contribution in [3.63, 3.8) is 0 Å². The van der Waals surface area contributed by atoms with E-state index in [2.05, 4.69) is 59.9 Å². The average molecular weight is 321 g/mol. The number of benzene rings is 2. The second-order valence-corrected chi connectivity index (χ2v) is 7.30. The predicted molar refractivity (Wildman–Crippen MR) is 98.4 cm³/mol. The quantitative estimate of drug-likeness (QED) is 0.852. The zero-order valence-corrected chi connectivity index (χ0v) is 14.4.